The van der Waals surface area contributed by atoms with Crippen molar-refractivity contribution in [3.8, 4) is 0 Å². The topological polar surface area (TPSA) is 41.1 Å². The zero-order valence-corrected chi connectivity index (χ0v) is 13.4. The van der Waals surface area contributed by atoms with E-state index >= 15 is 0 Å². The number of nitrogens with zero attached hydrogens (tertiary/aromatic N) is 3. The average molecular weight is 276 g/mol. The highest BCUT2D eigenvalue weighted by atomic mass is 15.2. The van der Waals surface area contributed by atoms with E-state index in [1.54, 1.807) is 0 Å². The lowest BCUT2D eigenvalue weighted by molar-refractivity contribution is 0.722. The summed E-state index contributed by atoms with van der Waals surface area (Å²) in [7, 11) is 0. The Labute approximate surface area is 123 Å². The smallest absolute Gasteiger partial charge is 0.137 e. The summed E-state index contributed by atoms with van der Waals surface area (Å²) in [5.41, 5.74) is 1.19. The van der Waals surface area contributed by atoms with Gasteiger partial charge in [0.05, 0.1) is 0 Å². The van der Waals surface area contributed by atoms with Crippen molar-refractivity contribution in [1.82, 2.24) is 9.97 Å². The Hall–Kier alpha value is -1.32. The number of hydrogen-bond acceptors (Lipinski definition) is 4. The Kier molecular flexibility index (Phi) is 5.21. The first-order valence-corrected chi connectivity index (χ1v) is 8.05. The van der Waals surface area contributed by atoms with Crippen LogP contribution in [0.4, 0.5) is 11.6 Å². The molecule has 112 valence electrons. The minimum atomic E-state index is 0.876. The van der Waals surface area contributed by atoms with E-state index in [0.29, 0.717) is 0 Å². The second kappa shape index (κ2) is 6.91. The molecule has 20 heavy (non-hydrogen) atoms. The van der Waals surface area contributed by atoms with Crippen molar-refractivity contribution in [2.75, 3.05) is 29.9 Å². The quantitative estimate of drug-likeness (QED) is 0.790. The average Bonchev–Trinajstić information content (AvgIpc) is 3.28. The first-order valence-electron chi connectivity index (χ1n) is 8.05. The van der Waals surface area contributed by atoms with Crippen LogP contribution < -0.4 is 10.2 Å². The molecule has 0 spiro atoms. The molecule has 1 aliphatic rings. The van der Waals surface area contributed by atoms with Gasteiger partial charge in [-0.15, -0.1) is 0 Å². The van der Waals surface area contributed by atoms with Gasteiger partial charge in [0.1, 0.15) is 17.5 Å². The predicted octanol–water partition coefficient (Wildman–Crippen LogP) is 3.41. The zero-order valence-electron chi connectivity index (χ0n) is 13.4. The predicted molar refractivity (Wildman–Crippen MR) is 85.5 cm³/mol. The molecular formula is C16H28N4. The molecule has 1 fully saturated rings. The summed E-state index contributed by atoms with van der Waals surface area (Å²) in [6.07, 6.45) is 4.75. The summed E-state index contributed by atoms with van der Waals surface area (Å²) in [4.78, 5) is 11.9. The van der Waals surface area contributed by atoms with Gasteiger partial charge in [-0.25, -0.2) is 9.97 Å². The molecule has 1 aliphatic carbocycles. The van der Waals surface area contributed by atoms with Crippen LogP contribution in [0.2, 0.25) is 0 Å². The van der Waals surface area contributed by atoms with Gasteiger partial charge in [0.25, 0.3) is 0 Å². The third kappa shape index (κ3) is 3.62. The number of hydrogen-bond donors (Lipinski definition) is 1. The Morgan fingerprint density at radius 2 is 1.95 bits per heavy atom. The highest BCUT2D eigenvalue weighted by Gasteiger charge is 2.25. The van der Waals surface area contributed by atoms with Crippen LogP contribution in [0.1, 0.15) is 51.4 Å². The summed E-state index contributed by atoms with van der Waals surface area (Å²) in [6, 6.07) is 0. The van der Waals surface area contributed by atoms with E-state index < -0.39 is 0 Å². The van der Waals surface area contributed by atoms with E-state index in [1.165, 1.54) is 18.4 Å². The first-order chi connectivity index (χ1) is 9.69. The molecule has 4 heteroatoms. The van der Waals surface area contributed by atoms with Crippen molar-refractivity contribution >= 4 is 11.6 Å². The van der Waals surface area contributed by atoms with Crippen molar-refractivity contribution in [2.45, 2.75) is 53.4 Å². The molecule has 0 unspecified atom stereocenters. The van der Waals surface area contributed by atoms with Gasteiger partial charge in [-0.05, 0) is 39.0 Å². The Morgan fingerprint density at radius 3 is 2.50 bits per heavy atom. The molecule has 1 aromatic heterocycles. The van der Waals surface area contributed by atoms with Crippen LogP contribution in [-0.2, 0) is 6.42 Å². The van der Waals surface area contributed by atoms with Crippen LogP contribution in [0.25, 0.3) is 0 Å². The minimum absolute atomic E-state index is 0.876. The lowest BCUT2D eigenvalue weighted by atomic mass is 10.2. The van der Waals surface area contributed by atoms with Crippen LogP contribution >= 0.6 is 0 Å². The highest BCUT2D eigenvalue weighted by molar-refractivity contribution is 5.58. The maximum Gasteiger partial charge on any atom is 0.137 e. The molecule has 0 atom stereocenters. The highest BCUT2D eigenvalue weighted by Crippen LogP contribution is 2.32. The normalized spacial score (nSPS) is 14.4. The van der Waals surface area contributed by atoms with Crippen molar-refractivity contribution < 1.29 is 0 Å². The van der Waals surface area contributed by atoms with Gasteiger partial charge in [-0.2, -0.15) is 0 Å². The van der Waals surface area contributed by atoms with E-state index in [-0.39, 0.29) is 0 Å². The summed E-state index contributed by atoms with van der Waals surface area (Å²) >= 11 is 0. The van der Waals surface area contributed by atoms with Crippen LogP contribution in [0, 0.1) is 12.8 Å². The summed E-state index contributed by atoms with van der Waals surface area (Å²) in [5.74, 6) is 3.97. The molecule has 0 saturated heterocycles. The lowest BCUT2D eigenvalue weighted by Gasteiger charge is -2.25. The lowest BCUT2D eigenvalue weighted by Crippen LogP contribution is -2.28. The molecule has 0 aliphatic heterocycles. The monoisotopic (exact) mass is 276 g/mol. The minimum Gasteiger partial charge on any atom is -0.370 e. The summed E-state index contributed by atoms with van der Waals surface area (Å²) in [5, 5.41) is 3.45. The molecule has 1 N–H and O–H groups in total. The number of rotatable bonds is 8. The fourth-order valence-electron chi connectivity index (χ4n) is 2.41. The Morgan fingerprint density at radius 1 is 1.20 bits per heavy atom. The molecule has 2 rings (SSSR count). The molecule has 0 aromatic carbocycles. The number of aryl methyl sites for hydroxylation is 1. The molecular weight excluding hydrogens is 248 g/mol. The standard InChI is InChI=1S/C16H28N4/c1-5-10-17-15-12(4)16(19-14(6-2)18-15)20(7-3)11-13-8-9-13/h13H,5-11H2,1-4H3,(H,17,18,19). The van der Waals surface area contributed by atoms with Crippen LogP contribution in [0.5, 0.6) is 0 Å². The van der Waals surface area contributed by atoms with Gasteiger partial charge < -0.3 is 10.2 Å². The van der Waals surface area contributed by atoms with Crippen molar-refractivity contribution in [2.24, 2.45) is 5.92 Å². The third-order valence-electron chi connectivity index (χ3n) is 3.88. The number of aromatic nitrogens is 2. The third-order valence-corrected chi connectivity index (χ3v) is 3.88. The second-order valence-corrected chi connectivity index (χ2v) is 5.70. The van der Waals surface area contributed by atoms with Gasteiger partial charge in [0.15, 0.2) is 0 Å². The van der Waals surface area contributed by atoms with Gasteiger partial charge in [-0.1, -0.05) is 13.8 Å². The molecule has 4 nitrogen and oxygen atoms in total. The zero-order chi connectivity index (χ0) is 14.5. The van der Waals surface area contributed by atoms with Crippen LogP contribution in [0.15, 0.2) is 0 Å². The Bertz CT molecular complexity index is 440. The largest absolute Gasteiger partial charge is 0.370 e. The molecule has 0 radical (unpaired) electrons. The van der Waals surface area contributed by atoms with Crippen molar-refractivity contribution in [1.29, 1.82) is 0 Å². The molecule has 0 bridgehead atoms. The van der Waals surface area contributed by atoms with E-state index in [2.05, 4.69) is 42.9 Å². The van der Waals surface area contributed by atoms with E-state index in [4.69, 9.17) is 4.98 Å². The molecule has 1 heterocycles. The van der Waals surface area contributed by atoms with Crippen LogP contribution in [-0.4, -0.2) is 29.6 Å². The van der Waals surface area contributed by atoms with E-state index in [1.807, 2.05) is 0 Å². The summed E-state index contributed by atoms with van der Waals surface area (Å²) in [6.45, 7) is 11.8. The second-order valence-electron chi connectivity index (χ2n) is 5.70. The fraction of sp³-hybridized carbons (Fsp3) is 0.750. The SMILES string of the molecule is CCCNc1nc(CC)nc(N(CC)CC2CC2)c1C. The fourth-order valence-corrected chi connectivity index (χ4v) is 2.41. The van der Waals surface area contributed by atoms with Crippen molar-refractivity contribution in [3.63, 3.8) is 0 Å². The van der Waals surface area contributed by atoms with E-state index in [9.17, 15) is 0 Å². The Balaban J connectivity index is 2.27. The molecule has 0 amide bonds. The summed E-state index contributed by atoms with van der Waals surface area (Å²) < 4.78 is 0. The molecule has 1 saturated carbocycles. The maximum atomic E-state index is 4.79. The first kappa shape index (κ1) is 15.1. The van der Waals surface area contributed by atoms with Gasteiger partial charge in [0.2, 0.25) is 0 Å². The van der Waals surface area contributed by atoms with Gasteiger partial charge >= 0.3 is 0 Å². The number of nitrogens with one attached hydrogen (secondary N) is 1. The maximum absolute atomic E-state index is 4.79. The van der Waals surface area contributed by atoms with E-state index in [0.717, 1.165) is 55.9 Å². The molecule has 1 aromatic rings. The van der Waals surface area contributed by atoms with Crippen molar-refractivity contribution in [3.05, 3.63) is 11.4 Å². The number of anilines is 2. The van der Waals surface area contributed by atoms with Crippen LogP contribution in [0.3, 0.4) is 0 Å². The van der Waals surface area contributed by atoms with Gasteiger partial charge in [-0.3, -0.25) is 0 Å². The van der Waals surface area contributed by atoms with Gasteiger partial charge in [0, 0.05) is 31.6 Å².